The summed E-state index contributed by atoms with van der Waals surface area (Å²) >= 11 is 0. The molecule has 0 aliphatic carbocycles. The van der Waals surface area contributed by atoms with Gasteiger partial charge in [-0.05, 0) is 97.0 Å². The molecule has 1 aliphatic rings. The zero-order valence-corrected chi connectivity index (χ0v) is 28.6. The zero-order valence-electron chi connectivity index (χ0n) is 27.6. The van der Waals surface area contributed by atoms with Crippen molar-refractivity contribution in [2.75, 3.05) is 26.9 Å². The van der Waals surface area contributed by atoms with Crippen molar-refractivity contribution in [3.8, 4) is 16.9 Å². The number of halogens is 1. The van der Waals surface area contributed by atoms with E-state index in [0.717, 1.165) is 68.4 Å². The van der Waals surface area contributed by atoms with E-state index < -0.39 is 8.32 Å². The molecule has 42 heavy (non-hydrogen) atoms. The average Bonchev–Trinajstić information content (AvgIpc) is 2.93. The second kappa shape index (κ2) is 15.3. The molecule has 2 aromatic carbocycles. The van der Waals surface area contributed by atoms with Gasteiger partial charge in [0, 0.05) is 25.4 Å². The van der Waals surface area contributed by atoms with Crippen LogP contribution in [-0.4, -0.2) is 41.5 Å². The second-order valence-corrected chi connectivity index (χ2v) is 19.0. The molecule has 0 radical (unpaired) electrons. The number of benzene rings is 2. The lowest BCUT2D eigenvalue weighted by molar-refractivity contribution is -0.168. The van der Waals surface area contributed by atoms with Crippen LogP contribution in [-0.2, 0) is 25.2 Å². The molecule has 7 heteroatoms. The fourth-order valence-corrected chi connectivity index (χ4v) is 6.05. The summed E-state index contributed by atoms with van der Waals surface area (Å²) in [6, 6.07) is 11.0. The van der Waals surface area contributed by atoms with Crippen LogP contribution in [0.25, 0.3) is 11.1 Å². The second-order valence-electron chi connectivity index (χ2n) is 14.2. The molecule has 2 atom stereocenters. The first-order valence-electron chi connectivity index (χ1n) is 15.7. The average molecular weight is 603 g/mol. The molecule has 236 valence electrons. The third-order valence-corrected chi connectivity index (χ3v) is 13.1. The van der Waals surface area contributed by atoms with E-state index in [1.807, 2.05) is 12.1 Å². The molecule has 1 heterocycles. The maximum atomic E-state index is 15.3. The largest absolute Gasteiger partial charge is 0.497 e. The lowest BCUT2D eigenvalue weighted by Crippen LogP contribution is -2.40. The number of rotatable bonds is 14. The summed E-state index contributed by atoms with van der Waals surface area (Å²) in [6.07, 6.45) is 5.70. The normalized spacial score (nSPS) is 17.3. The Balaban J connectivity index is 1.78. The maximum absolute atomic E-state index is 15.3. The van der Waals surface area contributed by atoms with Crippen molar-refractivity contribution in [1.29, 1.82) is 0 Å². The number of hydrogen-bond donors (Lipinski definition) is 0. The van der Waals surface area contributed by atoms with E-state index in [4.69, 9.17) is 23.4 Å². The van der Waals surface area contributed by atoms with Gasteiger partial charge in [0.15, 0.2) is 14.6 Å². The highest BCUT2D eigenvalue weighted by molar-refractivity contribution is 6.74. The molecule has 0 saturated carbocycles. The summed E-state index contributed by atoms with van der Waals surface area (Å²) < 4.78 is 45.6. The number of hydrogen-bond acceptors (Lipinski definition) is 5. The summed E-state index contributed by atoms with van der Waals surface area (Å²) in [4.78, 5) is 0. The van der Waals surface area contributed by atoms with Crippen molar-refractivity contribution in [2.24, 2.45) is 5.41 Å². The fourth-order valence-electron chi connectivity index (χ4n) is 4.97. The van der Waals surface area contributed by atoms with Gasteiger partial charge in [-0.15, -0.1) is 0 Å². The van der Waals surface area contributed by atoms with Gasteiger partial charge in [-0.3, -0.25) is 0 Å². The highest BCUT2D eigenvalue weighted by atomic mass is 28.4. The molecule has 5 nitrogen and oxygen atoms in total. The molecule has 0 N–H and O–H groups in total. The van der Waals surface area contributed by atoms with Gasteiger partial charge < -0.3 is 23.4 Å². The van der Waals surface area contributed by atoms with E-state index in [1.165, 1.54) is 6.07 Å². The van der Waals surface area contributed by atoms with Crippen LogP contribution in [0.4, 0.5) is 4.39 Å². The Morgan fingerprint density at radius 3 is 2.31 bits per heavy atom. The van der Waals surface area contributed by atoms with Crippen molar-refractivity contribution < 1.29 is 27.8 Å². The molecule has 2 aromatic rings. The molecular formula is C35H55FO5Si. The predicted molar refractivity (Wildman–Crippen MR) is 172 cm³/mol. The van der Waals surface area contributed by atoms with Gasteiger partial charge in [-0.25, -0.2) is 4.39 Å². The highest BCUT2D eigenvalue weighted by Crippen LogP contribution is 2.43. The molecule has 2 unspecified atom stereocenters. The topological polar surface area (TPSA) is 46.2 Å². The van der Waals surface area contributed by atoms with Gasteiger partial charge in [0.25, 0.3) is 0 Å². The standard InChI is InChI=1S/C35H55FO5Si/c1-34(2,3)33(39-21-12-10-13-22-41-42(8,9)35(4,5)6)30-23-26(25-40-32-15-11-14-20-38-32)16-18-28(30)29-24-27(37-7)17-19-31(29)36/h16-19,23-24,32-33H,10-15,20-22,25H2,1-9H3. The van der Waals surface area contributed by atoms with Crippen LogP contribution < -0.4 is 4.74 Å². The van der Waals surface area contributed by atoms with Crippen molar-refractivity contribution in [3.05, 3.63) is 53.3 Å². The Labute approximate surface area is 255 Å². The third-order valence-electron chi connectivity index (χ3n) is 8.56. The van der Waals surface area contributed by atoms with Crippen LogP contribution in [0.2, 0.25) is 18.1 Å². The Morgan fingerprint density at radius 1 is 0.929 bits per heavy atom. The van der Waals surface area contributed by atoms with Gasteiger partial charge in [0.1, 0.15) is 11.6 Å². The van der Waals surface area contributed by atoms with E-state index >= 15 is 4.39 Å². The van der Waals surface area contributed by atoms with Crippen molar-refractivity contribution >= 4 is 8.32 Å². The van der Waals surface area contributed by atoms with Crippen molar-refractivity contribution in [1.82, 2.24) is 0 Å². The first-order chi connectivity index (χ1) is 19.7. The zero-order chi connectivity index (χ0) is 31.0. The molecule has 1 saturated heterocycles. The minimum Gasteiger partial charge on any atom is -0.497 e. The fraction of sp³-hybridized carbons (Fsp3) is 0.657. The van der Waals surface area contributed by atoms with Gasteiger partial charge >= 0.3 is 0 Å². The lowest BCUT2D eigenvalue weighted by atomic mass is 9.81. The molecule has 0 amide bonds. The van der Waals surface area contributed by atoms with E-state index in [9.17, 15) is 0 Å². The summed E-state index contributed by atoms with van der Waals surface area (Å²) in [5.41, 5.74) is 3.08. The quantitative estimate of drug-likeness (QED) is 0.159. The van der Waals surface area contributed by atoms with E-state index in [0.29, 0.717) is 24.5 Å². The summed E-state index contributed by atoms with van der Waals surface area (Å²) in [5, 5.41) is 0.221. The molecule has 1 fully saturated rings. The van der Waals surface area contributed by atoms with Crippen LogP contribution in [0.1, 0.15) is 97.3 Å². The van der Waals surface area contributed by atoms with Gasteiger partial charge in [-0.1, -0.05) is 59.7 Å². The summed E-state index contributed by atoms with van der Waals surface area (Å²) in [5.74, 6) is 0.332. The Bertz CT molecular complexity index is 1120. The Morgan fingerprint density at radius 2 is 1.67 bits per heavy atom. The lowest BCUT2D eigenvalue weighted by Gasteiger charge is -2.36. The molecular weight excluding hydrogens is 547 g/mol. The summed E-state index contributed by atoms with van der Waals surface area (Å²) in [7, 11) is -0.122. The monoisotopic (exact) mass is 602 g/mol. The number of ether oxygens (including phenoxy) is 4. The predicted octanol–water partition coefficient (Wildman–Crippen LogP) is 9.84. The van der Waals surface area contributed by atoms with Crippen LogP contribution in [0.3, 0.4) is 0 Å². The molecule has 0 spiro atoms. The molecule has 1 aliphatic heterocycles. The Kier molecular flexibility index (Phi) is 12.6. The first kappa shape index (κ1) is 34.7. The third kappa shape index (κ3) is 9.88. The molecule has 3 rings (SSSR count). The highest BCUT2D eigenvalue weighted by Gasteiger charge is 2.37. The SMILES string of the molecule is COc1ccc(F)c(-c2ccc(COC3CCCCO3)cc2C(OCCCCCO[Si](C)(C)C(C)(C)C)C(C)(C)C)c1. The van der Waals surface area contributed by atoms with Crippen molar-refractivity contribution in [3.63, 3.8) is 0 Å². The minimum atomic E-state index is -1.72. The molecule has 0 bridgehead atoms. The smallest absolute Gasteiger partial charge is 0.191 e. The van der Waals surface area contributed by atoms with Gasteiger partial charge in [0.05, 0.1) is 19.8 Å². The van der Waals surface area contributed by atoms with Crippen LogP contribution >= 0.6 is 0 Å². The van der Waals surface area contributed by atoms with E-state index in [-0.39, 0.29) is 28.7 Å². The van der Waals surface area contributed by atoms with E-state index in [2.05, 4.69) is 60.7 Å². The first-order valence-corrected chi connectivity index (χ1v) is 18.6. The van der Waals surface area contributed by atoms with Crippen molar-refractivity contribution in [2.45, 2.75) is 117 Å². The van der Waals surface area contributed by atoms with E-state index in [1.54, 1.807) is 19.2 Å². The molecule has 0 aromatic heterocycles. The number of methoxy groups -OCH3 is 1. The van der Waals surface area contributed by atoms with Crippen LogP contribution in [0.15, 0.2) is 36.4 Å². The summed E-state index contributed by atoms with van der Waals surface area (Å²) in [6.45, 7) is 20.5. The number of unbranched alkanes of at least 4 members (excludes halogenated alkanes) is 2. The minimum absolute atomic E-state index is 0.173. The van der Waals surface area contributed by atoms with Gasteiger partial charge in [-0.2, -0.15) is 0 Å². The van der Waals surface area contributed by atoms with Crippen LogP contribution in [0, 0.1) is 11.2 Å². The Hall–Kier alpha value is -1.77. The maximum Gasteiger partial charge on any atom is 0.191 e. The van der Waals surface area contributed by atoms with Crippen LogP contribution in [0.5, 0.6) is 5.75 Å². The van der Waals surface area contributed by atoms with Gasteiger partial charge in [0.2, 0.25) is 0 Å².